The fraction of sp³-hybridized carbons (Fsp3) is 0.944. The first kappa shape index (κ1) is 17.7. The van der Waals surface area contributed by atoms with Crippen molar-refractivity contribution in [1.29, 1.82) is 0 Å². The first-order chi connectivity index (χ1) is 10.5. The zero-order chi connectivity index (χ0) is 15.9. The Balaban J connectivity index is 1.67. The van der Waals surface area contributed by atoms with Crippen molar-refractivity contribution in [2.24, 2.45) is 17.8 Å². The maximum Gasteiger partial charge on any atom is 0.306 e. The van der Waals surface area contributed by atoms with Gasteiger partial charge in [-0.3, -0.25) is 4.79 Å². The summed E-state index contributed by atoms with van der Waals surface area (Å²) in [5.41, 5.74) is 0. The maximum atomic E-state index is 11.5. The highest BCUT2D eigenvalue weighted by Crippen LogP contribution is 2.28. The van der Waals surface area contributed by atoms with E-state index in [9.17, 15) is 9.90 Å². The molecule has 4 nitrogen and oxygen atoms in total. The van der Waals surface area contributed by atoms with Gasteiger partial charge in [0.1, 0.15) is 0 Å². The number of hydrogen-bond donors (Lipinski definition) is 1. The molecule has 4 heteroatoms. The van der Waals surface area contributed by atoms with E-state index in [0.717, 1.165) is 37.5 Å². The van der Waals surface area contributed by atoms with Gasteiger partial charge in [0.2, 0.25) is 0 Å². The Bertz CT molecular complexity index is 306. The fourth-order valence-corrected chi connectivity index (χ4v) is 3.97. The van der Waals surface area contributed by atoms with Crippen molar-refractivity contribution in [2.45, 2.75) is 51.4 Å². The first-order valence-corrected chi connectivity index (χ1v) is 9.14. The van der Waals surface area contributed by atoms with Crippen molar-refractivity contribution in [1.82, 2.24) is 9.80 Å². The number of carboxylic acids is 1. The zero-order valence-corrected chi connectivity index (χ0v) is 14.5. The van der Waals surface area contributed by atoms with Gasteiger partial charge in [-0.15, -0.1) is 0 Å². The van der Waals surface area contributed by atoms with Crippen LogP contribution in [0.2, 0.25) is 0 Å². The summed E-state index contributed by atoms with van der Waals surface area (Å²) in [4.78, 5) is 16.3. The lowest BCUT2D eigenvalue weighted by molar-refractivity contribution is -0.142. The predicted molar refractivity (Wildman–Crippen MR) is 90.0 cm³/mol. The molecule has 22 heavy (non-hydrogen) atoms. The summed E-state index contributed by atoms with van der Waals surface area (Å²) in [6.45, 7) is 4.71. The van der Waals surface area contributed by atoms with Gasteiger partial charge in [0.25, 0.3) is 0 Å². The molecule has 0 saturated carbocycles. The third-order valence-corrected chi connectivity index (χ3v) is 5.87. The number of piperidine rings is 2. The number of carboxylic acid groups (broad SMARTS) is 1. The van der Waals surface area contributed by atoms with Crippen LogP contribution in [-0.4, -0.2) is 61.2 Å². The van der Waals surface area contributed by atoms with E-state index in [-0.39, 0.29) is 5.92 Å². The molecule has 2 aliphatic rings. The molecular weight excluding hydrogens is 276 g/mol. The van der Waals surface area contributed by atoms with Crippen molar-refractivity contribution in [3.05, 3.63) is 0 Å². The Kier molecular flexibility index (Phi) is 7.16. The second kappa shape index (κ2) is 8.88. The molecule has 0 spiro atoms. The molecule has 0 aromatic carbocycles. The third-order valence-electron chi connectivity index (χ3n) is 5.87. The van der Waals surface area contributed by atoms with Gasteiger partial charge in [-0.2, -0.15) is 0 Å². The first-order valence-electron chi connectivity index (χ1n) is 9.14. The Morgan fingerprint density at radius 1 is 0.909 bits per heavy atom. The molecule has 2 rings (SSSR count). The molecule has 0 amide bonds. The van der Waals surface area contributed by atoms with Gasteiger partial charge in [0.15, 0.2) is 0 Å². The van der Waals surface area contributed by atoms with Crippen LogP contribution in [0.4, 0.5) is 0 Å². The number of carbonyl (C=O) groups is 1. The molecule has 0 unspecified atom stereocenters. The number of aliphatic carboxylic acids is 1. The van der Waals surface area contributed by atoms with Crippen LogP contribution in [0.5, 0.6) is 0 Å². The van der Waals surface area contributed by atoms with E-state index in [1.54, 1.807) is 0 Å². The Morgan fingerprint density at radius 3 is 1.59 bits per heavy atom. The van der Waals surface area contributed by atoms with Crippen LogP contribution in [0.25, 0.3) is 0 Å². The van der Waals surface area contributed by atoms with Crippen molar-refractivity contribution in [2.75, 3.05) is 40.3 Å². The van der Waals surface area contributed by atoms with Gasteiger partial charge < -0.3 is 14.9 Å². The molecule has 1 N–H and O–H groups in total. The Morgan fingerprint density at radius 2 is 1.27 bits per heavy atom. The van der Waals surface area contributed by atoms with Crippen LogP contribution >= 0.6 is 0 Å². The highest BCUT2D eigenvalue weighted by atomic mass is 16.4. The van der Waals surface area contributed by atoms with Crippen LogP contribution in [-0.2, 0) is 4.79 Å². The molecule has 0 aromatic rings. The number of rotatable bonds is 7. The van der Waals surface area contributed by atoms with E-state index in [2.05, 4.69) is 23.9 Å². The van der Waals surface area contributed by atoms with E-state index in [1.807, 2.05) is 0 Å². The predicted octanol–water partition coefficient (Wildman–Crippen LogP) is 2.93. The summed E-state index contributed by atoms with van der Waals surface area (Å²) < 4.78 is 0. The summed E-state index contributed by atoms with van der Waals surface area (Å²) in [7, 11) is 4.36. The van der Waals surface area contributed by atoms with E-state index in [1.165, 1.54) is 51.9 Å². The summed E-state index contributed by atoms with van der Waals surface area (Å²) in [5, 5.41) is 9.50. The molecule has 0 atom stereocenters. The van der Waals surface area contributed by atoms with Crippen LogP contribution in [0.3, 0.4) is 0 Å². The molecule has 2 aliphatic heterocycles. The summed E-state index contributed by atoms with van der Waals surface area (Å²) in [6, 6.07) is 0. The minimum Gasteiger partial charge on any atom is -0.481 e. The highest BCUT2D eigenvalue weighted by Gasteiger charge is 2.24. The lowest BCUT2D eigenvalue weighted by atomic mass is 9.84. The number of likely N-dealkylation sites (tertiary alicyclic amines) is 2. The molecule has 0 aliphatic carbocycles. The highest BCUT2D eigenvalue weighted by molar-refractivity contribution is 5.69. The van der Waals surface area contributed by atoms with E-state index < -0.39 is 5.97 Å². The van der Waals surface area contributed by atoms with Crippen molar-refractivity contribution >= 4 is 5.97 Å². The Labute approximate surface area is 135 Å². The second-order valence-corrected chi connectivity index (χ2v) is 7.68. The molecule has 0 radical (unpaired) electrons. The van der Waals surface area contributed by atoms with Gasteiger partial charge in [0, 0.05) is 0 Å². The largest absolute Gasteiger partial charge is 0.481 e. The molecule has 2 fully saturated rings. The normalized spacial score (nSPS) is 23.2. The molecule has 0 aromatic heterocycles. The summed E-state index contributed by atoms with van der Waals surface area (Å²) in [5.74, 6) is 0.822. The lowest BCUT2D eigenvalue weighted by Gasteiger charge is -2.30. The monoisotopic (exact) mass is 310 g/mol. The fourth-order valence-electron chi connectivity index (χ4n) is 3.97. The van der Waals surface area contributed by atoms with Crippen molar-refractivity contribution in [3.63, 3.8) is 0 Å². The zero-order valence-electron chi connectivity index (χ0n) is 14.5. The van der Waals surface area contributed by atoms with Gasteiger partial charge >= 0.3 is 5.97 Å². The van der Waals surface area contributed by atoms with Crippen LogP contribution in [0.1, 0.15) is 51.4 Å². The van der Waals surface area contributed by atoms with Gasteiger partial charge in [-0.1, -0.05) is 0 Å². The van der Waals surface area contributed by atoms with Gasteiger partial charge in [-0.05, 0) is 103 Å². The number of nitrogens with zero attached hydrogens (tertiary/aromatic N) is 2. The van der Waals surface area contributed by atoms with Crippen LogP contribution in [0, 0.1) is 17.8 Å². The third kappa shape index (κ3) is 5.88. The van der Waals surface area contributed by atoms with E-state index >= 15 is 0 Å². The second-order valence-electron chi connectivity index (χ2n) is 7.68. The average Bonchev–Trinajstić information content (AvgIpc) is 2.50. The van der Waals surface area contributed by atoms with Crippen LogP contribution < -0.4 is 0 Å². The quantitative estimate of drug-likeness (QED) is 0.785. The van der Waals surface area contributed by atoms with E-state index in [4.69, 9.17) is 0 Å². The lowest BCUT2D eigenvalue weighted by Crippen LogP contribution is -2.31. The average molecular weight is 310 g/mol. The summed E-state index contributed by atoms with van der Waals surface area (Å²) in [6.07, 6.45) is 8.98. The van der Waals surface area contributed by atoms with Crippen molar-refractivity contribution in [3.8, 4) is 0 Å². The molecule has 2 heterocycles. The SMILES string of the molecule is CN1CCC(CCC(CCC2CCN(C)CC2)C(=O)O)CC1. The standard InChI is InChI=1S/C18H34N2O2/c1-19-11-7-15(8-12-19)3-5-17(18(21)22)6-4-16-9-13-20(2)14-10-16/h15-17H,3-14H2,1-2H3,(H,21,22). The van der Waals surface area contributed by atoms with Gasteiger partial charge in [-0.25, -0.2) is 0 Å². The molecule has 0 bridgehead atoms. The topological polar surface area (TPSA) is 43.8 Å². The molecular formula is C18H34N2O2. The minimum absolute atomic E-state index is 0.112. The smallest absolute Gasteiger partial charge is 0.306 e. The minimum atomic E-state index is -0.569. The number of hydrogen-bond acceptors (Lipinski definition) is 3. The van der Waals surface area contributed by atoms with Gasteiger partial charge in [0.05, 0.1) is 5.92 Å². The Hall–Kier alpha value is -0.610. The van der Waals surface area contributed by atoms with Crippen molar-refractivity contribution < 1.29 is 9.90 Å². The summed E-state index contributed by atoms with van der Waals surface area (Å²) >= 11 is 0. The molecule has 128 valence electrons. The van der Waals surface area contributed by atoms with Crippen LogP contribution in [0.15, 0.2) is 0 Å². The van der Waals surface area contributed by atoms with E-state index in [0.29, 0.717) is 0 Å². The maximum absolute atomic E-state index is 11.5. The molecule has 2 saturated heterocycles.